The van der Waals surface area contributed by atoms with Crippen molar-refractivity contribution in [2.75, 3.05) is 12.3 Å². The second kappa shape index (κ2) is 9.69. The molecule has 2 aromatic heterocycles. The Bertz CT molecular complexity index is 1460. The maximum atomic E-state index is 12.6. The lowest BCUT2D eigenvalue weighted by Crippen LogP contribution is -2.30. The van der Waals surface area contributed by atoms with Gasteiger partial charge in [0.25, 0.3) is 5.91 Å². The first-order valence-corrected chi connectivity index (χ1v) is 11.8. The summed E-state index contributed by atoms with van der Waals surface area (Å²) < 4.78 is 7.84. The maximum Gasteiger partial charge on any atom is 0.299 e. The van der Waals surface area contributed by atoms with Gasteiger partial charge < -0.3 is 15.4 Å². The van der Waals surface area contributed by atoms with Crippen molar-refractivity contribution < 1.29 is 9.53 Å². The molecule has 0 radical (unpaired) electrons. The van der Waals surface area contributed by atoms with E-state index in [0.717, 1.165) is 41.2 Å². The summed E-state index contributed by atoms with van der Waals surface area (Å²) in [7, 11) is 0. The van der Waals surface area contributed by atoms with E-state index in [0.29, 0.717) is 29.6 Å². The largest absolute Gasteiger partial charge is 0.457 e. The van der Waals surface area contributed by atoms with E-state index >= 15 is 0 Å². The van der Waals surface area contributed by atoms with Gasteiger partial charge in [-0.3, -0.25) is 9.20 Å². The Morgan fingerprint density at radius 1 is 1.23 bits per heavy atom. The Hall–Kier alpha value is -4.02. The second-order valence-electron chi connectivity index (χ2n) is 8.32. The molecule has 35 heavy (non-hydrogen) atoms. The lowest BCUT2D eigenvalue weighted by atomic mass is 10.1. The lowest BCUT2D eigenvalue weighted by Gasteiger charge is -2.21. The van der Waals surface area contributed by atoms with Crippen LogP contribution in [0.15, 0.2) is 60.9 Å². The fourth-order valence-corrected chi connectivity index (χ4v) is 4.75. The number of hydrogen-bond donors (Lipinski definition) is 1. The number of fused-ring (bicyclic) bond motifs is 1. The topological polar surface area (TPSA) is 85.8 Å². The highest BCUT2D eigenvalue weighted by atomic mass is 35.5. The fraction of sp³-hybridized carbons (Fsp3) is 0.222. The minimum atomic E-state index is -0.188. The Morgan fingerprint density at radius 3 is 2.83 bits per heavy atom. The molecule has 3 heterocycles. The highest BCUT2D eigenvalue weighted by Crippen LogP contribution is 2.35. The average molecular weight is 486 g/mol. The van der Waals surface area contributed by atoms with Gasteiger partial charge in [-0.05, 0) is 55.5 Å². The molecule has 1 aliphatic rings. The molecule has 1 fully saturated rings. The van der Waals surface area contributed by atoms with Crippen molar-refractivity contribution in [2.45, 2.75) is 32.2 Å². The summed E-state index contributed by atoms with van der Waals surface area (Å²) >= 11 is 6.64. The molecule has 0 saturated carbocycles. The van der Waals surface area contributed by atoms with Crippen molar-refractivity contribution in [1.82, 2.24) is 19.3 Å². The predicted molar refractivity (Wildman–Crippen MR) is 135 cm³/mol. The number of nitrogen functional groups attached to an aromatic ring is 1. The zero-order valence-electron chi connectivity index (χ0n) is 19.2. The minimum absolute atomic E-state index is 0.177. The normalized spacial score (nSPS) is 15.1. The number of ether oxygens (including phenoxy) is 1. The molecule has 4 aromatic rings. The number of rotatable bonds is 5. The van der Waals surface area contributed by atoms with Gasteiger partial charge in [-0.25, -0.2) is 9.97 Å². The number of carbonyl (C=O) groups is 1. The zero-order valence-corrected chi connectivity index (χ0v) is 20.0. The molecule has 7 nitrogen and oxygen atoms in total. The van der Waals surface area contributed by atoms with Gasteiger partial charge in [0.15, 0.2) is 0 Å². The predicted octanol–water partition coefficient (Wildman–Crippen LogP) is 5.03. The van der Waals surface area contributed by atoms with Gasteiger partial charge in [-0.2, -0.15) is 0 Å². The highest BCUT2D eigenvalue weighted by molar-refractivity contribution is 6.31. The number of benzene rings is 2. The van der Waals surface area contributed by atoms with Crippen molar-refractivity contribution in [3.63, 3.8) is 0 Å². The second-order valence-corrected chi connectivity index (χ2v) is 8.73. The molecule has 0 spiro atoms. The quantitative estimate of drug-likeness (QED) is 0.400. The van der Waals surface area contributed by atoms with E-state index in [1.807, 2.05) is 53.1 Å². The number of anilines is 1. The molecule has 8 heteroatoms. The van der Waals surface area contributed by atoms with Crippen LogP contribution in [0.25, 0.3) is 5.52 Å². The van der Waals surface area contributed by atoms with Gasteiger partial charge in [0.1, 0.15) is 28.7 Å². The summed E-state index contributed by atoms with van der Waals surface area (Å²) in [6, 6.07) is 15.0. The Balaban J connectivity index is 1.48. The first-order chi connectivity index (χ1) is 17.0. The number of hydrogen-bond acceptors (Lipinski definition) is 5. The Morgan fingerprint density at radius 2 is 2.06 bits per heavy atom. The number of likely N-dealkylation sites (tertiary alicyclic amines) is 1. The smallest absolute Gasteiger partial charge is 0.299 e. The van der Waals surface area contributed by atoms with E-state index in [1.165, 1.54) is 0 Å². The summed E-state index contributed by atoms with van der Waals surface area (Å²) in [5.74, 6) is 7.70. The van der Waals surface area contributed by atoms with Crippen LogP contribution < -0.4 is 10.5 Å². The number of carbonyl (C=O) groups excluding carboxylic acids is 1. The summed E-state index contributed by atoms with van der Waals surface area (Å²) in [6.45, 7) is 2.32. The van der Waals surface area contributed by atoms with Crippen molar-refractivity contribution in [3.8, 4) is 23.3 Å². The van der Waals surface area contributed by atoms with Gasteiger partial charge in [0, 0.05) is 30.4 Å². The molecular formula is C27H24ClN5O2. The number of nitrogens with two attached hydrogens (primary N) is 1. The van der Waals surface area contributed by atoms with E-state index < -0.39 is 0 Å². The lowest BCUT2D eigenvalue weighted by molar-refractivity contribution is -0.126. The van der Waals surface area contributed by atoms with Gasteiger partial charge in [-0.15, -0.1) is 0 Å². The minimum Gasteiger partial charge on any atom is -0.457 e. The van der Waals surface area contributed by atoms with Gasteiger partial charge in [-0.1, -0.05) is 41.8 Å². The fourth-order valence-electron chi connectivity index (χ4n) is 4.52. The summed E-state index contributed by atoms with van der Waals surface area (Å²) in [6.07, 6.45) is 5.64. The van der Waals surface area contributed by atoms with Gasteiger partial charge >= 0.3 is 0 Å². The van der Waals surface area contributed by atoms with Crippen molar-refractivity contribution >= 4 is 28.8 Å². The third-order valence-electron chi connectivity index (χ3n) is 6.09. The Kier molecular flexibility index (Phi) is 6.30. The van der Waals surface area contributed by atoms with Crippen molar-refractivity contribution in [3.05, 3.63) is 83.0 Å². The third-order valence-corrected chi connectivity index (χ3v) is 6.44. The number of amides is 1. The molecular weight excluding hydrogens is 462 g/mol. The molecule has 1 amide bonds. The molecule has 0 aliphatic carbocycles. The van der Waals surface area contributed by atoms with Gasteiger partial charge in [0.05, 0.1) is 11.7 Å². The van der Waals surface area contributed by atoms with E-state index in [-0.39, 0.29) is 11.9 Å². The van der Waals surface area contributed by atoms with Crippen LogP contribution in [-0.4, -0.2) is 31.7 Å². The number of aromatic nitrogens is 3. The molecule has 0 bridgehead atoms. The first kappa shape index (κ1) is 22.8. The van der Waals surface area contributed by atoms with Crippen LogP contribution in [0.3, 0.4) is 0 Å². The van der Waals surface area contributed by atoms with Gasteiger partial charge in [0.2, 0.25) is 0 Å². The van der Waals surface area contributed by atoms with Crippen LogP contribution in [0.4, 0.5) is 5.82 Å². The van der Waals surface area contributed by atoms with Crippen molar-refractivity contribution in [2.24, 2.45) is 0 Å². The molecule has 5 rings (SSSR count). The SMILES string of the molecule is CC#CC(=O)N1CCC[C@H]1c1nc(Cc2ccc(Oc3ccccc3)cc2Cl)c2c(N)nccn12. The van der Waals surface area contributed by atoms with E-state index in [4.69, 9.17) is 27.1 Å². The molecule has 1 aliphatic heterocycles. The molecule has 2 aromatic carbocycles. The zero-order chi connectivity index (χ0) is 24.4. The van der Waals surface area contributed by atoms with Crippen LogP contribution in [0, 0.1) is 11.8 Å². The summed E-state index contributed by atoms with van der Waals surface area (Å²) in [5.41, 5.74) is 8.65. The molecule has 1 atom stereocenters. The van der Waals surface area contributed by atoms with Crippen LogP contribution in [0.2, 0.25) is 5.02 Å². The summed E-state index contributed by atoms with van der Waals surface area (Å²) in [5, 5.41) is 0.569. The molecule has 0 unspecified atom stereocenters. The average Bonchev–Trinajstić information content (AvgIpc) is 3.47. The monoisotopic (exact) mass is 485 g/mol. The molecule has 2 N–H and O–H groups in total. The van der Waals surface area contributed by atoms with Crippen LogP contribution in [0.5, 0.6) is 11.5 Å². The number of nitrogens with zero attached hydrogens (tertiary/aromatic N) is 4. The van der Waals surface area contributed by atoms with Crippen LogP contribution >= 0.6 is 11.6 Å². The van der Waals surface area contributed by atoms with Crippen LogP contribution in [-0.2, 0) is 11.2 Å². The van der Waals surface area contributed by atoms with E-state index in [2.05, 4.69) is 16.8 Å². The standard InChI is InChI=1S/C27H24ClN5O2/c1-2-7-24(34)32-14-6-10-23(32)27-31-22(25-26(29)30-13-15-33(25)27)16-18-11-12-20(17-21(18)28)35-19-8-4-3-5-9-19/h3-5,8-9,11-13,15,17,23H,6,10,14,16H2,1H3,(H2,29,30)/t23-/m0/s1. The highest BCUT2D eigenvalue weighted by Gasteiger charge is 2.33. The number of para-hydroxylation sites is 1. The number of halogens is 1. The summed E-state index contributed by atoms with van der Waals surface area (Å²) in [4.78, 5) is 23.6. The number of imidazole rings is 1. The molecule has 1 saturated heterocycles. The van der Waals surface area contributed by atoms with E-state index in [1.54, 1.807) is 24.1 Å². The maximum absolute atomic E-state index is 12.6. The van der Waals surface area contributed by atoms with Crippen molar-refractivity contribution in [1.29, 1.82) is 0 Å². The Labute approximate surface area is 208 Å². The molecule has 176 valence electrons. The first-order valence-electron chi connectivity index (χ1n) is 11.4. The van der Waals surface area contributed by atoms with Crippen LogP contribution in [0.1, 0.15) is 42.9 Å². The van der Waals surface area contributed by atoms with E-state index in [9.17, 15) is 4.79 Å². The third kappa shape index (κ3) is 4.53.